The molecule has 7 nitrogen and oxygen atoms in total. The van der Waals surface area contributed by atoms with E-state index >= 15 is 0 Å². The third-order valence-corrected chi connectivity index (χ3v) is 6.36. The fourth-order valence-corrected chi connectivity index (χ4v) is 4.90. The molecule has 0 saturated carbocycles. The number of benzene rings is 2. The van der Waals surface area contributed by atoms with Gasteiger partial charge in [-0.25, -0.2) is 4.79 Å². The van der Waals surface area contributed by atoms with E-state index in [9.17, 15) is 19.5 Å². The van der Waals surface area contributed by atoms with Crippen LogP contribution in [0.3, 0.4) is 0 Å². The lowest BCUT2D eigenvalue weighted by Gasteiger charge is -2.32. The molecule has 0 radical (unpaired) electrons. The number of carboxylic acid groups (broad SMARTS) is 1. The van der Waals surface area contributed by atoms with Crippen LogP contribution in [0.4, 0.5) is 4.79 Å². The number of fused-ring (bicyclic) bond motifs is 3. The predicted octanol–water partition coefficient (Wildman–Crippen LogP) is 4.51. The van der Waals surface area contributed by atoms with E-state index < -0.39 is 24.0 Å². The second kappa shape index (κ2) is 11.2. The van der Waals surface area contributed by atoms with E-state index in [4.69, 9.17) is 4.74 Å². The number of carbonyl (C=O) groups excluding carboxylic acids is 2. The minimum Gasteiger partial charge on any atom is -0.480 e. The van der Waals surface area contributed by atoms with Crippen molar-refractivity contribution in [3.8, 4) is 11.1 Å². The topological polar surface area (TPSA) is 95.9 Å². The van der Waals surface area contributed by atoms with Crippen LogP contribution in [0.5, 0.6) is 0 Å². The van der Waals surface area contributed by atoms with Crippen LogP contribution in [0.1, 0.15) is 51.2 Å². The molecule has 3 rings (SSSR count). The second-order valence-electron chi connectivity index (χ2n) is 9.18. The van der Waals surface area contributed by atoms with Gasteiger partial charge in [0.2, 0.25) is 5.91 Å². The lowest BCUT2D eigenvalue weighted by molar-refractivity contribution is -0.147. The maximum absolute atomic E-state index is 13.1. The SMILES string of the molecule is CCCN(CC(=O)O)C(=O)C(C(C)C)C(C)NC(=O)OCC1c2ccccc2-c2ccccc21. The molecule has 0 spiro atoms. The highest BCUT2D eigenvalue weighted by Gasteiger charge is 2.34. The van der Waals surface area contributed by atoms with Crippen molar-refractivity contribution in [2.24, 2.45) is 11.8 Å². The van der Waals surface area contributed by atoms with E-state index in [-0.39, 0.29) is 30.9 Å². The molecule has 0 aliphatic heterocycles. The Morgan fingerprint density at radius 1 is 1.00 bits per heavy atom. The Balaban J connectivity index is 1.67. The minimum absolute atomic E-state index is 0.0494. The van der Waals surface area contributed by atoms with E-state index in [0.717, 1.165) is 22.3 Å². The second-order valence-corrected chi connectivity index (χ2v) is 9.18. The Kier molecular flexibility index (Phi) is 8.31. The normalized spacial score (nSPS) is 14.1. The highest BCUT2D eigenvalue weighted by Crippen LogP contribution is 2.44. The van der Waals surface area contributed by atoms with Crippen LogP contribution in [0.2, 0.25) is 0 Å². The Morgan fingerprint density at radius 3 is 2.06 bits per heavy atom. The van der Waals surface area contributed by atoms with Crippen LogP contribution in [0.15, 0.2) is 48.5 Å². The molecule has 1 aliphatic rings. The molecular weight excluding hydrogens is 432 g/mol. The van der Waals surface area contributed by atoms with Gasteiger partial charge >= 0.3 is 12.1 Å². The van der Waals surface area contributed by atoms with Crippen molar-refractivity contribution in [2.75, 3.05) is 19.7 Å². The molecule has 2 N–H and O–H groups in total. The smallest absolute Gasteiger partial charge is 0.407 e. The summed E-state index contributed by atoms with van der Waals surface area (Å²) in [6.07, 6.45) is 0.0611. The molecule has 0 bridgehead atoms. The quantitative estimate of drug-likeness (QED) is 0.537. The molecule has 0 heterocycles. The summed E-state index contributed by atoms with van der Waals surface area (Å²) in [5, 5.41) is 12.0. The average Bonchev–Trinajstić information content (AvgIpc) is 3.10. The molecule has 34 heavy (non-hydrogen) atoms. The number of rotatable bonds is 10. The first-order chi connectivity index (χ1) is 16.2. The molecular formula is C27H34N2O5. The lowest BCUT2D eigenvalue weighted by atomic mass is 9.87. The number of carboxylic acids is 1. The number of carbonyl (C=O) groups is 3. The maximum Gasteiger partial charge on any atom is 0.407 e. The number of hydrogen-bond donors (Lipinski definition) is 2. The molecule has 1 aliphatic carbocycles. The first-order valence-corrected chi connectivity index (χ1v) is 11.9. The lowest BCUT2D eigenvalue weighted by Crippen LogP contribution is -2.50. The van der Waals surface area contributed by atoms with Crippen LogP contribution in [0, 0.1) is 11.8 Å². The van der Waals surface area contributed by atoms with Gasteiger partial charge < -0.3 is 20.1 Å². The van der Waals surface area contributed by atoms with Gasteiger partial charge in [0.15, 0.2) is 0 Å². The van der Waals surface area contributed by atoms with Crippen LogP contribution < -0.4 is 5.32 Å². The Labute approximate surface area is 201 Å². The zero-order valence-corrected chi connectivity index (χ0v) is 20.3. The largest absolute Gasteiger partial charge is 0.480 e. The number of nitrogens with one attached hydrogen (secondary N) is 1. The van der Waals surface area contributed by atoms with Crippen LogP contribution in [0.25, 0.3) is 11.1 Å². The molecule has 0 fully saturated rings. The van der Waals surface area contributed by atoms with Gasteiger partial charge in [-0.05, 0) is 41.5 Å². The Hall–Kier alpha value is -3.35. The van der Waals surface area contributed by atoms with Crippen molar-refractivity contribution in [3.05, 3.63) is 59.7 Å². The van der Waals surface area contributed by atoms with Gasteiger partial charge in [-0.3, -0.25) is 9.59 Å². The van der Waals surface area contributed by atoms with Gasteiger partial charge in [0.1, 0.15) is 13.2 Å². The van der Waals surface area contributed by atoms with Crippen molar-refractivity contribution in [3.63, 3.8) is 0 Å². The van der Waals surface area contributed by atoms with Crippen LogP contribution in [-0.2, 0) is 14.3 Å². The summed E-state index contributed by atoms with van der Waals surface area (Å²) in [5.74, 6) is -2.03. The van der Waals surface area contributed by atoms with Gasteiger partial charge in [-0.1, -0.05) is 69.3 Å². The highest BCUT2D eigenvalue weighted by molar-refractivity contribution is 5.84. The van der Waals surface area contributed by atoms with Crippen LogP contribution in [-0.4, -0.2) is 53.7 Å². The van der Waals surface area contributed by atoms with Gasteiger partial charge in [0.05, 0.1) is 5.92 Å². The maximum atomic E-state index is 13.1. The summed E-state index contributed by atoms with van der Waals surface area (Å²) >= 11 is 0. The molecule has 2 atom stereocenters. The molecule has 182 valence electrons. The number of amides is 2. The van der Waals surface area contributed by atoms with Gasteiger partial charge in [-0.15, -0.1) is 0 Å². The molecule has 0 aromatic heterocycles. The Morgan fingerprint density at radius 2 is 1.56 bits per heavy atom. The monoisotopic (exact) mass is 466 g/mol. The zero-order chi connectivity index (χ0) is 24.8. The standard InChI is InChI=1S/C27H34N2O5/c1-5-14-29(15-24(30)31)26(32)25(17(2)3)18(4)28-27(33)34-16-23-21-12-8-6-10-19(21)20-11-7-9-13-22(20)23/h6-13,17-18,23,25H,5,14-16H2,1-4H3,(H,28,33)(H,30,31). The third-order valence-electron chi connectivity index (χ3n) is 6.36. The minimum atomic E-state index is -1.05. The summed E-state index contributed by atoms with van der Waals surface area (Å²) in [7, 11) is 0. The molecule has 2 amide bonds. The van der Waals surface area contributed by atoms with Crippen molar-refractivity contribution in [1.82, 2.24) is 10.2 Å². The number of nitrogens with zero attached hydrogens (tertiary/aromatic N) is 1. The average molecular weight is 467 g/mol. The van der Waals surface area contributed by atoms with E-state index in [2.05, 4.69) is 29.6 Å². The van der Waals surface area contributed by atoms with Crippen molar-refractivity contribution in [2.45, 2.75) is 46.1 Å². The van der Waals surface area contributed by atoms with E-state index in [1.165, 1.54) is 4.90 Å². The highest BCUT2D eigenvalue weighted by atomic mass is 16.5. The molecule has 2 aromatic carbocycles. The number of alkyl carbamates (subject to hydrolysis) is 1. The van der Waals surface area contributed by atoms with Crippen molar-refractivity contribution >= 4 is 18.0 Å². The molecule has 2 aromatic rings. The predicted molar refractivity (Wildman–Crippen MR) is 131 cm³/mol. The van der Waals surface area contributed by atoms with E-state index in [1.54, 1.807) is 6.92 Å². The summed E-state index contributed by atoms with van der Waals surface area (Å²) in [4.78, 5) is 38.4. The first kappa shape index (κ1) is 25.3. The van der Waals surface area contributed by atoms with Crippen molar-refractivity contribution < 1.29 is 24.2 Å². The number of aliphatic carboxylic acids is 1. The number of hydrogen-bond acceptors (Lipinski definition) is 4. The third kappa shape index (κ3) is 5.58. The fourth-order valence-electron chi connectivity index (χ4n) is 4.90. The van der Waals surface area contributed by atoms with Gasteiger partial charge in [0, 0.05) is 18.5 Å². The zero-order valence-electron chi connectivity index (χ0n) is 20.3. The summed E-state index contributed by atoms with van der Waals surface area (Å²) in [6.45, 7) is 7.62. The molecule has 0 saturated heterocycles. The van der Waals surface area contributed by atoms with Gasteiger partial charge in [0.25, 0.3) is 0 Å². The van der Waals surface area contributed by atoms with Crippen LogP contribution >= 0.6 is 0 Å². The summed E-state index contributed by atoms with van der Waals surface area (Å²) in [6, 6.07) is 15.7. The fraction of sp³-hybridized carbons (Fsp3) is 0.444. The van der Waals surface area contributed by atoms with Crippen molar-refractivity contribution in [1.29, 1.82) is 0 Å². The summed E-state index contributed by atoms with van der Waals surface area (Å²) in [5.41, 5.74) is 4.56. The molecule has 2 unspecified atom stereocenters. The number of ether oxygens (including phenoxy) is 1. The Bertz CT molecular complexity index is 990. The first-order valence-electron chi connectivity index (χ1n) is 11.9. The van der Waals surface area contributed by atoms with E-state index in [0.29, 0.717) is 13.0 Å². The van der Waals surface area contributed by atoms with Gasteiger partial charge in [-0.2, -0.15) is 0 Å². The summed E-state index contributed by atoms with van der Waals surface area (Å²) < 4.78 is 5.62. The molecule has 7 heteroatoms. The van der Waals surface area contributed by atoms with E-state index in [1.807, 2.05) is 45.0 Å².